The topological polar surface area (TPSA) is 66.9 Å². The quantitative estimate of drug-likeness (QED) is 0.756. The van der Waals surface area contributed by atoms with Crippen molar-refractivity contribution in [2.75, 3.05) is 37.7 Å². The first kappa shape index (κ1) is 16.5. The van der Waals surface area contributed by atoms with Gasteiger partial charge in [-0.3, -0.25) is 4.79 Å². The van der Waals surface area contributed by atoms with Crippen LogP contribution in [0.2, 0.25) is 0 Å². The smallest absolute Gasteiger partial charge is 0.237 e. The van der Waals surface area contributed by atoms with E-state index in [2.05, 4.69) is 4.90 Å². The third kappa shape index (κ3) is 3.97. The molecule has 0 radical (unpaired) electrons. The molecule has 0 aliphatic carbocycles. The summed E-state index contributed by atoms with van der Waals surface area (Å²) in [5, 5.41) is -0.802. The molecule has 2 aliphatic heterocycles. The molecule has 0 aromatic heterocycles. The van der Waals surface area contributed by atoms with Gasteiger partial charge in [-0.15, -0.1) is 0 Å². The molecule has 1 aromatic carbocycles. The number of benzene rings is 1. The van der Waals surface area contributed by atoms with E-state index in [0.29, 0.717) is 6.54 Å². The second kappa shape index (κ2) is 6.67. The second-order valence-corrected chi connectivity index (χ2v) is 8.75. The number of anilines is 1. The number of hydrogen-bond donors (Lipinski definition) is 0. The van der Waals surface area contributed by atoms with Crippen molar-refractivity contribution in [3.05, 3.63) is 29.8 Å². The number of hydrogen-bond acceptors (Lipinski definition) is 5. The van der Waals surface area contributed by atoms with Crippen LogP contribution in [-0.4, -0.2) is 57.3 Å². The van der Waals surface area contributed by atoms with Gasteiger partial charge in [0, 0.05) is 49.0 Å². The molecule has 2 fully saturated rings. The molecule has 0 saturated carbocycles. The van der Waals surface area contributed by atoms with Crippen molar-refractivity contribution in [1.82, 2.24) is 4.90 Å². The summed E-state index contributed by atoms with van der Waals surface area (Å²) >= 11 is 0. The zero-order valence-corrected chi connectivity index (χ0v) is 14.2. The van der Waals surface area contributed by atoms with Gasteiger partial charge in [0.25, 0.3) is 0 Å². The maximum Gasteiger partial charge on any atom is 0.237 e. The summed E-state index contributed by atoms with van der Waals surface area (Å²) in [7, 11) is 1.67. The van der Waals surface area contributed by atoms with E-state index in [4.69, 9.17) is 15.4 Å². The van der Waals surface area contributed by atoms with Crippen LogP contribution in [-0.2, 0) is 25.1 Å². The van der Waals surface area contributed by atoms with Crippen molar-refractivity contribution in [3.63, 3.8) is 0 Å². The molecule has 6 nitrogen and oxygen atoms in total. The highest BCUT2D eigenvalue weighted by Crippen LogP contribution is 2.24. The Balaban J connectivity index is 1.63. The van der Waals surface area contributed by atoms with Gasteiger partial charge in [0.1, 0.15) is 5.25 Å². The molecule has 1 atom stereocenters. The standard InChI is InChI=1S/C15H19ClN2O4S/c16-23(20,21)14-9-15(19)18(11-14)10-12-1-3-13(4-2-12)17-5-7-22-8-6-17/h1-4,14H,5-11H2. The second-order valence-electron chi connectivity index (χ2n) is 5.84. The maximum atomic E-state index is 11.9. The number of morpholine rings is 1. The maximum absolute atomic E-state index is 11.9. The Morgan fingerprint density at radius 2 is 1.83 bits per heavy atom. The summed E-state index contributed by atoms with van der Waals surface area (Å²) in [5.74, 6) is -0.170. The highest BCUT2D eigenvalue weighted by atomic mass is 35.7. The van der Waals surface area contributed by atoms with Crippen molar-refractivity contribution >= 4 is 31.3 Å². The van der Waals surface area contributed by atoms with Crippen LogP contribution < -0.4 is 4.90 Å². The van der Waals surface area contributed by atoms with Crippen LogP contribution in [0, 0.1) is 0 Å². The number of ether oxygens (including phenoxy) is 1. The number of rotatable bonds is 4. The third-order valence-electron chi connectivity index (χ3n) is 4.26. The molecular formula is C15H19ClN2O4S. The fraction of sp³-hybridized carbons (Fsp3) is 0.533. The number of carbonyl (C=O) groups is 1. The first-order valence-electron chi connectivity index (χ1n) is 7.56. The number of likely N-dealkylation sites (tertiary alicyclic amines) is 1. The van der Waals surface area contributed by atoms with Gasteiger partial charge < -0.3 is 14.5 Å². The summed E-state index contributed by atoms with van der Waals surface area (Å²) in [5.41, 5.74) is 2.11. The average Bonchev–Trinajstić information content (AvgIpc) is 2.90. The van der Waals surface area contributed by atoms with E-state index in [1.807, 2.05) is 24.3 Å². The Morgan fingerprint density at radius 3 is 2.39 bits per heavy atom. The molecule has 1 unspecified atom stereocenters. The van der Waals surface area contributed by atoms with E-state index < -0.39 is 14.3 Å². The summed E-state index contributed by atoms with van der Waals surface area (Å²) in [6.45, 7) is 3.79. The van der Waals surface area contributed by atoms with Crippen molar-refractivity contribution < 1.29 is 17.9 Å². The highest BCUT2D eigenvalue weighted by Gasteiger charge is 2.37. The van der Waals surface area contributed by atoms with Gasteiger partial charge in [0.15, 0.2) is 0 Å². The summed E-state index contributed by atoms with van der Waals surface area (Å²) < 4.78 is 28.1. The van der Waals surface area contributed by atoms with Crippen molar-refractivity contribution in [2.24, 2.45) is 0 Å². The van der Waals surface area contributed by atoms with Crippen LogP contribution in [0.4, 0.5) is 5.69 Å². The first-order chi connectivity index (χ1) is 10.9. The lowest BCUT2D eigenvalue weighted by Crippen LogP contribution is -2.36. The van der Waals surface area contributed by atoms with E-state index in [1.165, 1.54) is 0 Å². The van der Waals surface area contributed by atoms with E-state index in [0.717, 1.165) is 37.6 Å². The van der Waals surface area contributed by atoms with Crippen LogP contribution in [0.25, 0.3) is 0 Å². The van der Waals surface area contributed by atoms with Gasteiger partial charge >= 0.3 is 0 Å². The molecule has 2 heterocycles. The molecule has 126 valence electrons. The minimum absolute atomic E-state index is 0.0301. The summed E-state index contributed by atoms with van der Waals surface area (Å²) in [6.07, 6.45) is -0.0301. The van der Waals surface area contributed by atoms with Gasteiger partial charge in [-0.2, -0.15) is 0 Å². The summed E-state index contributed by atoms with van der Waals surface area (Å²) in [4.78, 5) is 15.7. The van der Waals surface area contributed by atoms with E-state index >= 15 is 0 Å². The van der Waals surface area contributed by atoms with E-state index in [1.54, 1.807) is 4.90 Å². The molecule has 0 bridgehead atoms. The number of amides is 1. The minimum Gasteiger partial charge on any atom is -0.378 e. The lowest BCUT2D eigenvalue weighted by atomic mass is 10.2. The van der Waals surface area contributed by atoms with Crippen molar-refractivity contribution in [3.8, 4) is 0 Å². The van der Waals surface area contributed by atoms with Crippen molar-refractivity contribution in [1.29, 1.82) is 0 Å². The largest absolute Gasteiger partial charge is 0.378 e. The molecule has 3 rings (SSSR count). The molecular weight excluding hydrogens is 340 g/mol. The van der Waals surface area contributed by atoms with Gasteiger partial charge in [-0.25, -0.2) is 8.42 Å². The van der Waals surface area contributed by atoms with Crippen LogP contribution >= 0.6 is 10.7 Å². The Kier molecular flexibility index (Phi) is 4.79. The summed E-state index contributed by atoms with van der Waals surface area (Å²) in [6, 6.07) is 8.00. The van der Waals surface area contributed by atoms with E-state index in [-0.39, 0.29) is 18.9 Å². The molecule has 23 heavy (non-hydrogen) atoms. The van der Waals surface area contributed by atoms with Gasteiger partial charge in [0.2, 0.25) is 15.0 Å². The first-order valence-corrected chi connectivity index (χ1v) is 9.93. The zero-order valence-electron chi connectivity index (χ0n) is 12.7. The van der Waals surface area contributed by atoms with Crippen LogP contribution in [0.1, 0.15) is 12.0 Å². The average molecular weight is 359 g/mol. The van der Waals surface area contributed by atoms with E-state index in [9.17, 15) is 13.2 Å². The Labute approximate surface area is 140 Å². The zero-order chi connectivity index (χ0) is 16.4. The van der Waals surface area contributed by atoms with Gasteiger partial charge in [-0.05, 0) is 17.7 Å². The van der Waals surface area contributed by atoms with Gasteiger partial charge in [-0.1, -0.05) is 12.1 Å². The Bertz CT molecular complexity index is 671. The minimum atomic E-state index is -3.69. The Hall–Kier alpha value is -1.31. The molecule has 1 aromatic rings. The number of halogens is 1. The fourth-order valence-corrected chi connectivity index (χ4v) is 3.99. The fourth-order valence-electron chi connectivity index (χ4n) is 2.93. The molecule has 0 N–H and O–H groups in total. The molecule has 8 heteroatoms. The van der Waals surface area contributed by atoms with Gasteiger partial charge in [0.05, 0.1) is 13.2 Å². The SMILES string of the molecule is O=C1CC(S(=O)(=O)Cl)CN1Cc1ccc(N2CCOCC2)cc1. The lowest BCUT2D eigenvalue weighted by Gasteiger charge is -2.29. The predicted octanol–water partition coefficient (Wildman–Crippen LogP) is 1.19. The molecule has 2 saturated heterocycles. The number of nitrogens with zero attached hydrogens (tertiary/aromatic N) is 2. The number of carbonyl (C=O) groups excluding carboxylic acids is 1. The molecule has 0 spiro atoms. The predicted molar refractivity (Wildman–Crippen MR) is 88.1 cm³/mol. The van der Waals surface area contributed by atoms with Crippen molar-refractivity contribution in [2.45, 2.75) is 18.2 Å². The van der Waals surface area contributed by atoms with Crippen LogP contribution in [0.3, 0.4) is 0 Å². The molecule has 1 amide bonds. The monoisotopic (exact) mass is 358 g/mol. The van der Waals surface area contributed by atoms with Crippen LogP contribution in [0.5, 0.6) is 0 Å². The molecule has 2 aliphatic rings. The highest BCUT2D eigenvalue weighted by molar-refractivity contribution is 8.14. The van der Waals surface area contributed by atoms with Crippen LogP contribution in [0.15, 0.2) is 24.3 Å². The Morgan fingerprint density at radius 1 is 1.17 bits per heavy atom. The third-order valence-corrected chi connectivity index (χ3v) is 6.13. The normalized spacial score (nSPS) is 22.7. The lowest BCUT2D eigenvalue weighted by molar-refractivity contribution is -0.128.